The first-order valence-electron chi connectivity index (χ1n) is 6.53. The fourth-order valence-corrected chi connectivity index (χ4v) is 3.03. The second kappa shape index (κ2) is 6.52. The molecule has 110 valence electrons. The summed E-state index contributed by atoms with van der Waals surface area (Å²) in [5, 5.41) is 14.6. The van der Waals surface area contributed by atoms with Crippen molar-refractivity contribution in [3.63, 3.8) is 0 Å². The fourth-order valence-electron chi connectivity index (χ4n) is 1.88. The predicted molar refractivity (Wildman–Crippen MR) is 79.5 cm³/mol. The zero-order valence-corrected chi connectivity index (χ0v) is 12.4. The minimum atomic E-state index is -3.60. The van der Waals surface area contributed by atoms with E-state index >= 15 is 0 Å². The van der Waals surface area contributed by atoms with Crippen molar-refractivity contribution < 1.29 is 8.42 Å². The van der Waals surface area contributed by atoms with Crippen molar-refractivity contribution in [2.24, 2.45) is 0 Å². The van der Waals surface area contributed by atoms with Crippen molar-refractivity contribution in [1.29, 1.82) is 5.26 Å². The standard InChI is InChI=1S/C14H16N4O2S/c1-2-13(9-15)21(19,20)17-10-11-3-5-12(6-4-11)14-7-8-16-18-14/h3-8,13,17H,2,10H2,1H3,(H,16,18). The number of hydrogen-bond donors (Lipinski definition) is 2. The average molecular weight is 304 g/mol. The van der Waals surface area contributed by atoms with Crippen LogP contribution in [0.4, 0.5) is 0 Å². The van der Waals surface area contributed by atoms with E-state index in [4.69, 9.17) is 5.26 Å². The molecule has 7 heteroatoms. The van der Waals surface area contributed by atoms with Crippen molar-refractivity contribution in [2.75, 3.05) is 0 Å². The van der Waals surface area contributed by atoms with E-state index in [0.717, 1.165) is 16.8 Å². The molecule has 1 unspecified atom stereocenters. The molecule has 21 heavy (non-hydrogen) atoms. The Bertz CT molecular complexity index is 715. The third kappa shape index (κ3) is 3.68. The maximum atomic E-state index is 11.9. The van der Waals surface area contributed by atoms with Crippen LogP contribution in [-0.4, -0.2) is 23.9 Å². The molecule has 1 atom stereocenters. The Morgan fingerprint density at radius 1 is 1.33 bits per heavy atom. The summed E-state index contributed by atoms with van der Waals surface area (Å²) in [6, 6.07) is 11.1. The van der Waals surface area contributed by atoms with Gasteiger partial charge in [-0.1, -0.05) is 31.2 Å². The Labute approximate surface area is 123 Å². The number of nitriles is 1. The van der Waals surface area contributed by atoms with Gasteiger partial charge in [0.05, 0.1) is 11.8 Å². The summed E-state index contributed by atoms with van der Waals surface area (Å²) in [5.41, 5.74) is 2.70. The van der Waals surface area contributed by atoms with E-state index in [1.165, 1.54) is 0 Å². The first-order chi connectivity index (χ1) is 10.1. The van der Waals surface area contributed by atoms with E-state index in [-0.39, 0.29) is 13.0 Å². The molecule has 2 N–H and O–H groups in total. The SMILES string of the molecule is CCC(C#N)S(=O)(=O)NCc1ccc(-c2ccn[nH]2)cc1. The number of benzene rings is 1. The average Bonchev–Trinajstić information content (AvgIpc) is 3.01. The van der Waals surface area contributed by atoms with Gasteiger partial charge in [-0.15, -0.1) is 0 Å². The van der Waals surface area contributed by atoms with Gasteiger partial charge in [0, 0.05) is 12.7 Å². The molecule has 0 aliphatic carbocycles. The van der Waals surface area contributed by atoms with Gasteiger partial charge >= 0.3 is 0 Å². The molecule has 0 spiro atoms. The van der Waals surface area contributed by atoms with Gasteiger partial charge in [-0.25, -0.2) is 13.1 Å². The predicted octanol–water partition coefficient (Wildman–Crippen LogP) is 1.80. The van der Waals surface area contributed by atoms with E-state index in [9.17, 15) is 8.42 Å². The Balaban J connectivity index is 2.03. The molecule has 6 nitrogen and oxygen atoms in total. The molecule has 2 aromatic rings. The molecule has 2 rings (SSSR count). The fraction of sp³-hybridized carbons (Fsp3) is 0.286. The van der Waals surface area contributed by atoms with Gasteiger partial charge in [-0.2, -0.15) is 10.4 Å². The summed E-state index contributed by atoms with van der Waals surface area (Å²) in [7, 11) is -3.60. The highest BCUT2D eigenvalue weighted by Crippen LogP contribution is 2.16. The topological polar surface area (TPSA) is 98.6 Å². The summed E-state index contributed by atoms with van der Waals surface area (Å²) >= 11 is 0. The largest absolute Gasteiger partial charge is 0.278 e. The van der Waals surface area contributed by atoms with Gasteiger partial charge in [0.15, 0.2) is 5.25 Å². The molecular weight excluding hydrogens is 288 g/mol. The molecule has 0 saturated carbocycles. The van der Waals surface area contributed by atoms with Crippen molar-refractivity contribution >= 4 is 10.0 Å². The van der Waals surface area contributed by atoms with Crippen LogP contribution in [0.25, 0.3) is 11.3 Å². The molecule has 0 fully saturated rings. The van der Waals surface area contributed by atoms with Gasteiger partial charge in [0.1, 0.15) is 0 Å². The lowest BCUT2D eigenvalue weighted by molar-refractivity contribution is 0.572. The first kappa shape index (κ1) is 15.2. The Morgan fingerprint density at radius 2 is 2.05 bits per heavy atom. The van der Waals surface area contributed by atoms with Crippen molar-refractivity contribution in [3.05, 3.63) is 42.1 Å². The number of aromatic nitrogens is 2. The number of H-pyrrole nitrogens is 1. The molecule has 0 bridgehead atoms. The van der Waals surface area contributed by atoms with Crippen LogP contribution in [0.5, 0.6) is 0 Å². The molecule has 0 radical (unpaired) electrons. The number of sulfonamides is 1. The third-order valence-electron chi connectivity index (χ3n) is 3.13. The second-order valence-electron chi connectivity index (χ2n) is 4.56. The summed E-state index contributed by atoms with van der Waals surface area (Å²) in [6.45, 7) is 1.84. The lowest BCUT2D eigenvalue weighted by Gasteiger charge is -2.10. The Kier molecular flexibility index (Phi) is 4.73. The van der Waals surface area contributed by atoms with E-state index in [1.807, 2.05) is 30.3 Å². The second-order valence-corrected chi connectivity index (χ2v) is 6.51. The van der Waals surface area contributed by atoms with Gasteiger partial charge in [-0.05, 0) is 23.6 Å². The molecule has 0 aliphatic rings. The monoisotopic (exact) mass is 304 g/mol. The highest BCUT2D eigenvalue weighted by molar-refractivity contribution is 7.90. The quantitative estimate of drug-likeness (QED) is 0.850. The maximum absolute atomic E-state index is 11.9. The zero-order chi connectivity index (χ0) is 15.3. The van der Waals surface area contributed by atoms with Crippen molar-refractivity contribution in [1.82, 2.24) is 14.9 Å². The smallest absolute Gasteiger partial charge is 0.228 e. The number of rotatable bonds is 6. The minimum Gasteiger partial charge on any atom is -0.278 e. The first-order valence-corrected chi connectivity index (χ1v) is 8.08. The molecule has 0 amide bonds. The number of aromatic amines is 1. The van der Waals surface area contributed by atoms with E-state index in [0.29, 0.717) is 0 Å². The summed E-state index contributed by atoms with van der Waals surface area (Å²) in [6.07, 6.45) is 1.94. The number of nitrogens with one attached hydrogen (secondary N) is 2. The number of nitrogens with zero attached hydrogens (tertiary/aromatic N) is 2. The van der Waals surface area contributed by atoms with Crippen LogP contribution < -0.4 is 4.72 Å². The normalized spacial score (nSPS) is 12.8. The van der Waals surface area contributed by atoms with Gasteiger partial charge in [0.2, 0.25) is 10.0 Å². The van der Waals surface area contributed by atoms with Crippen LogP contribution in [0.1, 0.15) is 18.9 Å². The maximum Gasteiger partial charge on any atom is 0.228 e. The highest BCUT2D eigenvalue weighted by Gasteiger charge is 2.22. The molecule has 0 aliphatic heterocycles. The summed E-state index contributed by atoms with van der Waals surface area (Å²) in [4.78, 5) is 0. The molecule has 1 aromatic carbocycles. The van der Waals surface area contributed by atoms with Crippen molar-refractivity contribution in [3.8, 4) is 17.3 Å². The van der Waals surface area contributed by atoms with Crippen LogP contribution in [0.15, 0.2) is 36.5 Å². The van der Waals surface area contributed by atoms with Crippen LogP contribution >= 0.6 is 0 Å². The van der Waals surface area contributed by atoms with E-state index < -0.39 is 15.3 Å². The lowest BCUT2D eigenvalue weighted by atomic mass is 10.1. The minimum absolute atomic E-state index is 0.170. The molecule has 0 saturated heterocycles. The Hall–Kier alpha value is -2.17. The van der Waals surface area contributed by atoms with Gasteiger partial charge in [0.25, 0.3) is 0 Å². The van der Waals surface area contributed by atoms with E-state index in [2.05, 4.69) is 14.9 Å². The van der Waals surface area contributed by atoms with Gasteiger partial charge in [-0.3, -0.25) is 5.10 Å². The third-order valence-corrected chi connectivity index (χ3v) is 4.87. The molecule has 1 heterocycles. The molecular formula is C14H16N4O2S. The van der Waals surface area contributed by atoms with Gasteiger partial charge < -0.3 is 0 Å². The molecule has 1 aromatic heterocycles. The van der Waals surface area contributed by atoms with Crippen LogP contribution in [0.2, 0.25) is 0 Å². The Morgan fingerprint density at radius 3 is 2.57 bits per heavy atom. The summed E-state index contributed by atoms with van der Waals surface area (Å²) in [5.74, 6) is 0. The lowest BCUT2D eigenvalue weighted by Crippen LogP contribution is -2.32. The van der Waals surface area contributed by atoms with Crippen LogP contribution in [0.3, 0.4) is 0 Å². The van der Waals surface area contributed by atoms with Crippen LogP contribution in [0, 0.1) is 11.3 Å². The zero-order valence-electron chi connectivity index (χ0n) is 11.6. The van der Waals surface area contributed by atoms with E-state index in [1.54, 1.807) is 19.2 Å². The number of hydrogen-bond acceptors (Lipinski definition) is 4. The van der Waals surface area contributed by atoms with Crippen molar-refractivity contribution in [2.45, 2.75) is 25.1 Å². The van der Waals surface area contributed by atoms with Crippen LogP contribution in [-0.2, 0) is 16.6 Å². The summed E-state index contributed by atoms with van der Waals surface area (Å²) < 4.78 is 26.2. The highest BCUT2D eigenvalue weighted by atomic mass is 32.2.